The van der Waals surface area contributed by atoms with Crippen LogP contribution in [0.5, 0.6) is 5.75 Å². The molecule has 0 bridgehead atoms. The molecule has 1 aromatic rings. The summed E-state index contributed by atoms with van der Waals surface area (Å²) in [5.41, 5.74) is 6.92. The van der Waals surface area contributed by atoms with Crippen LogP contribution in [0.1, 0.15) is 37.3 Å². The maximum Gasteiger partial charge on any atom is 0.165 e. The summed E-state index contributed by atoms with van der Waals surface area (Å²) in [6, 6.07) is 4.33. The first-order valence-corrected chi connectivity index (χ1v) is 9.06. The molecule has 4 nitrogen and oxygen atoms in total. The van der Waals surface area contributed by atoms with Gasteiger partial charge in [-0.15, -0.1) is 0 Å². The number of rotatable bonds is 4. The van der Waals surface area contributed by atoms with Crippen LogP contribution >= 0.6 is 0 Å². The van der Waals surface area contributed by atoms with Crippen LogP contribution in [0, 0.1) is 11.7 Å². The van der Waals surface area contributed by atoms with Crippen molar-refractivity contribution < 1.29 is 17.5 Å². The zero-order chi connectivity index (χ0) is 15.6. The van der Waals surface area contributed by atoms with Gasteiger partial charge in [-0.1, -0.05) is 12.5 Å². The minimum Gasteiger partial charge on any atom is -0.494 e. The molecule has 0 radical (unpaired) electrons. The molecular formula is C15H22FNO3S. The molecule has 6 heteroatoms. The summed E-state index contributed by atoms with van der Waals surface area (Å²) in [5.74, 6) is -0.198. The third-order valence-electron chi connectivity index (χ3n) is 4.34. The maximum atomic E-state index is 13.8. The zero-order valence-electron chi connectivity index (χ0n) is 12.4. The molecule has 0 saturated heterocycles. The molecule has 21 heavy (non-hydrogen) atoms. The van der Waals surface area contributed by atoms with Crippen LogP contribution in [0.4, 0.5) is 4.39 Å². The van der Waals surface area contributed by atoms with Crippen LogP contribution in [0.15, 0.2) is 18.2 Å². The van der Waals surface area contributed by atoms with E-state index in [0.717, 1.165) is 12.8 Å². The Morgan fingerprint density at radius 3 is 2.67 bits per heavy atom. The summed E-state index contributed by atoms with van der Waals surface area (Å²) in [6.45, 7) is 0. The van der Waals surface area contributed by atoms with Crippen LogP contribution in [0.2, 0.25) is 0 Å². The van der Waals surface area contributed by atoms with Gasteiger partial charge in [0.1, 0.15) is 9.84 Å². The van der Waals surface area contributed by atoms with E-state index in [2.05, 4.69) is 0 Å². The van der Waals surface area contributed by atoms with Crippen molar-refractivity contribution in [3.63, 3.8) is 0 Å². The molecule has 1 fully saturated rings. The largest absolute Gasteiger partial charge is 0.494 e. The quantitative estimate of drug-likeness (QED) is 0.926. The van der Waals surface area contributed by atoms with E-state index in [-0.39, 0.29) is 23.0 Å². The summed E-state index contributed by atoms with van der Waals surface area (Å²) in [5, 5.41) is -0.328. The normalized spacial score (nSPS) is 24.6. The molecule has 0 heterocycles. The van der Waals surface area contributed by atoms with Gasteiger partial charge in [-0.2, -0.15) is 0 Å². The number of sulfone groups is 1. The van der Waals surface area contributed by atoms with E-state index in [1.165, 1.54) is 19.4 Å². The Bertz CT molecular complexity index is 603. The second kappa shape index (κ2) is 6.32. The first-order valence-electron chi connectivity index (χ1n) is 7.11. The minimum absolute atomic E-state index is 0.0614. The molecule has 0 aliphatic heterocycles. The molecule has 1 aromatic carbocycles. The molecule has 0 aromatic heterocycles. The number of hydrogen-bond donors (Lipinski definition) is 1. The predicted molar refractivity (Wildman–Crippen MR) is 80.5 cm³/mol. The van der Waals surface area contributed by atoms with Crippen LogP contribution < -0.4 is 10.5 Å². The summed E-state index contributed by atoms with van der Waals surface area (Å²) in [6.07, 6.45) is 4.24. The van der Waals surface area contributed by atoms with Crippen molar-refractivity contribution in [2.24, 2.45) is 11.7 Å². The first kappa shape index (κ1) is 16.2. The summed E-state index contributed by atoms with van der Waals surface area (Å²) >= 11 is 0. The molecule has 1 saturated carbocycles. The Balaban J connectivity index is 2.16. The third-order valence-corrected chi connectivity index (χ3v) is 5.98. The van der Waals surface area contributed by atoms with Crippen molar-refractivity contribution in [2.45, 2.75) is 37.0 Å². The maximum absolute atomic E-state index is 13.8. The van der Waals surface area contributed by atoms with Gasteiger partial charge in [0.15, 0.2) is 11.6 Å². The lowest BCUT2D eigenvalue weighted by Crippen LogP contribution is -2.33. The molecule has 2 rings (SSSR count). The van der Waals surface area contributed by atoms with Crippen molar-refractivity contribution in [1.82, 2.24) is 0 Å². The van der Waals surface area contributed by atoms with Gasteiger partial charge in [-0.3, -0.25) is 0 Å². The number of ether oxygens (including phenoxy) is 1. The monoisotopic (exact) mass is 315 g/mol. The van der Waals surface area contributed by atoms with E-state index in [4.69, 9.17) is 10.5 Å². The summed E-state index contributed by atoms with van der Waals surface area (Å²) < 4.78 is 42.1. The fraction of sp³-hybridized carbons (Fsp3) is 0.600. The smallest absolute Gasteiger partial charge is 0.165 e. The van der Waals surface area contributed by atoms with E-state index in [1.807, 2.05) is 0 Å². The van der Waals surface area contributed by atoms with Gasteiger partial charge in [0, 0.05) is 12.3 Å². The van der Waals surface area contributed by atoms with E-state index in [9.17, 15) is 12.8 Å². The second-order valence-electron chi connectivity index (χ2n) is 5.80. The van der Waals surface area contributed by atoms with Gasteiger partial charge < -0.3 is 10.5 Å². The molecule has 3 atom stereocenters. The molecule has 2 N–H and O–H groups in total. The van der Waals surface area contributed by atoms with Gasteiger partial charge in [0.05, 0.1) is 12.4 Å². The van der Waals surface area contributed by atoms with Crippen molar-refractivity contribution in [3.05, 3.63) is 29.6 Å². The zero-order valence-corrected chi connectivity index (χ0v) is 13.2. The fourth-order valence-corrected chi connectivity index (χ4v) is 4.25. The van der Waals surface area contributed by atoms with Gasteiger partial charge in [0.25, 0.3) is 0 Å². The molecule has 118 valence electrons. The Kier molecular flexibility index (Phi) is 4.88. The lowest BCUT2D eigenvalue weighted by Gasteiger charge is -2.32. The van der Waals surface area contributed by atoms with E-state index < -0.39 is 15.7 Å². The number of nitrogens with two attached hydrogens (primary N) is 1. The Morgan fingerprint density at radius 2 is 2.10 bits per heavy atom. The van der Waals surface area contributed by atoms with Gasteiger partial charge >= 0.3 is 0 Å². The van der Waals surface area contributed by atoms with E-state index in [0.29, 0.717) is 18.4 Å². The van der Waals surface area contributed by atoms with E-state index in [1.54, 1.807) is 12.1 Å². The van der Waals surface area contributed by atoms with Gasteiger partial charge in [-0.05, 0) is 42.9 Å². The molecule has 1 aliphatic rings. The summed E-state index contributed by atoms with van der Waals surface area (Å²) in [7, 11) is -1.63. The topological polar surface area (TPSA) is 69.4 Å². The predicted octanol–water partition coefficient (Wildman–Crippen LogP) is 2.44. The van der Waals surface area contributed by atoms with Crippen molar-refractivity contribution >= 4 is 9.84 Å². The van der Waals surface area contributed by atoms with Crippen LogP contribution in [-0.2, 0) is 9.84 Å². The molecule has 1 aliphatic carbocycles. The Morgan fingerprint density at radius 1 is 1.38 bits per heavy atom. The summed E-state index contributed by atoms with van der Waals surface area (Å²) in [4.78, 5) is 0. The average molecular weight is 315 g/mol. The average Bonchev–Trinajstić information content (AvgIpc) is 2.45. The number of hydrogen-bond acceptors (Lipinski definition) is 4. The highest BCUT2D eigenvalue weighted by atomic mass is 32.2. The number of halogens is 1. The molecule has 0 spiro atoms. The van der Waals surface area contributed by atoms with Crippen LogP contribution in [-0.4, -0.2) is 27.0 Å². The highest BCUT2D eigenvalue weighted by Gasteiger charge is 2.32. The van der Waals surface area contributed by atoms with E-state index >= 15 is 0 Å². The lowest BCUT2D eigenvalue weighted by molar-refractivity contribution is 0.308. The minimum atomic E-state index is -3.04. The van der Waals surface area contributed by atoms with Gasteiger partial charge in [-0.25, -0.2) is 12.8 Å². The van der Waals surface area contributed by atoms with Crippen LogP contribution in [0.3, 0.4) is 0 Å². The second-order valence-corrected chi connectivity index (χ2v) is 8.12. The number of benzene rings is 1. The lowest BCUT2D eigenvalue weighted by atomic mass is 9.81. The van der Waals surface area contributed by atoms with Crippen molar-refractivity contribution in [2.75, 3.05) is 13.4 Å². The highest BCUT2D eigenvalue weighted by molar-refractivity contribution is 7.91. The SMILES string of the molecule is COc1ccc(C(N)C2CCCC(S(C)(=O)=O)C2)cc1F. The first-order chi connectivity index (χ1) is 9.82. The Hall–Kier alpha value is -1.14. The van der Waals surface area contributed by atoms with Crippen molar-refractivity contribution in [3.8, 4) is 5.75 Å². The molecule has 0 amide bonds. The number of methoxy groups -OCH3 is 1. The van der Waals surface area contributed by atoms with Crippen molar-refractivity contribution in [1.29, 1.82) is 0 Å². The molecule has 3 unspecified atom stereocenters. The molecular weight excluding hydrogens is 293 g/mol. The standard InChI is InChI=1S/C15H22FNO3S/c1-20-14-7-6-11(9-13(14)16)15(17)10-4-3-5-12(8-10)21(2,18)19/h6-7,9-10,12,15H,3-5,8,17H2,1-2H3. The highest BCUT2D eigenvalue weighted by Crippen LogP contribution is 2.36. The third kappa shape index (κ3) is 3.74. The van der Waals surface area contributed by atoms with Crippen LogP contribution in [0.25, 0.3) is 0 Å². The Labute approximate surface area is 125 Å². The fourth-order valence-electron chi connectivity index (χ4n) is 3.06. The van der Waals surface area contributed by atoms with Gasteiger partial charge in [0.2, 0.25) is 0 Å².